The zero-order valence-electron chi connectivity index (χ0n) is 22.0. The Bertz CT molecular complexity index is 1010. The van der Waals surface area contributed by atoms with Crippen LogP contribution in [-0.2, 0) is 14.4 Å². The van der Waals surface area contributed by atoms with Gasteiger partial charge in [0.2, 0.25) is 11.8 Å². The van der Waals surface area contributed by atoms with Crippen molar-refractivity contribution in [3.05, 3.63) is 35.0 Å². The highest BCUT2D eigenvalue weighted by atomic mass is 32.2. The number of carbonyl (C=O) groups excluding carboxylic acids is 3. The van der Waals surface area contributed by atoms with Crippen LogP contribution in [0.5, 0.6) is 0 Å². The Labute approximate surface area is 223 Å². The van der Waals surface area contributed by atoms with Crippen LogP contribution in [0.1, 0.15) is 40.0 Å². The Morgan fingerprint density at radius 1 is 1.22 bits per heavy atom. The van der Waals surface area contributed by atoms with E-state index in [1.165, 1.54) is 29.5 Å². The van der Waals surface area contributed by atoms with E-state index in [0.717, 1.165) is 25.3 Å². The highest BCUT2D eigenvalue weighted by molar-refractivity contribution is 8.04. The Kier molecular flexibility index (Phi) is 10.2. The number of amides is 3. The largest absolute Gasteiger partial charge is 0.396 e. The van der Waals surface area contributed by atoms with E-state index in [9.17, 15) is 19.5 Å². The van der Waals surface area contributed by atoms with Crippen LogP contribution in [-0.4, -0.2) is 83.8 Å². The number of rotatable bonds is 12. The first-order valence-electron chi connectivity index (χ1n) is 12.9. The third kappa shape index (κ3) is 8.11. The Hall–Kier alpha value is -2.76. The number of anilines is 2. The van der Waals surface area contributed by atoms with Crippen LogP contribution in [0, 0.1) is 5.41 Å². The lowest BCUT2D eigenvalue weighted by molar-refractivity contribution is -0.127. The van der Waals surface area contributed by atoms with E-state index < -0.39 is 16.6 Å². The molecule has 2 fully saturated rings. The quantitative estimate of drug-likeness (QED) is 0.257. The molecule has 0 aliphatic carbocycles. The lowest BCUT2D eigenvalue weighted by Crippen LogP contribution is -2.39. The molecule has 6 N–H and O–H groups in total. The van der Waals surface area contributed by atoms with Crippen molar-refractivity contribution in [2.24, 2.45) is 11.1 Å². The van der Waals surface area contributed by atoms with Gasteiger partial charge in [-0.25, -0.2) is 0 Å². The van der Waals surface area contributed by atoms with Crippen LogP contribution in [0.3, 0.4) is 0 Å². The second-order valence-electron chi connectivity index (χ2n) is 10.2. The highest BCUT2D eigenvalue weighted by Crippen LogP contribution is 2.36. The average Bonchev–Trinajstić information content (AvgIpc) is 3.52. The fraction of sp³-hybridized carbons (Fsp3) is 0.577. The number of likely N-dealkylation sites (tertiary alicyclic amines) is 1. The molecule has 3 amide bonds. The van der Waals surface area contributed by atoms with Gasteiger partial charge in [-0.15, -0.1) is 0 Å². The number of hydrogen-bond acceptors (Lipinski definition) is 8. The minimum absolute atomic E-state index is 0.00456. The van der Waals surface area contributed by atoms with Crippen molar-refractivity contribution in [2.45, 2.75) is 45.3 Å². The van der Waals surface area contributed by atoms with E-state index >= 15 is 0 Å². The molecule has 2 aliphatic heterocycles. The van der Waals surface area contributed by atoms with Gasteiger partial charge in [-0.2, -0.15) is 0 Å². The maximum absolute atomic E-state index is 13.0. The van der Waals surface area contributed by atoms with Gasteiger partial charge >= 0.3 is 0 Å². The Morgan fingerprint density at radius 2 is 1.92 bits per heavy atom. The van der Waals surface area contributed by atoms with E-state index in [0.29, 0.717) is 30.2 Å². The molecule has 10 nitrogen and oxygen atoms in total. The summed E-state index contributed by atoms with van der Waals surface area (Å²) in [5, 5.41) is 18.4. The summed E-state index contributed by atoms with van der Waals surface area (Å²) in [5.41, 5.74) is 7.15. The SMILES string of the molecule is CCN1C(=O)[C@@H](CNc2cccc(NC(=O)CCN3CCCC3)c2)S/C1=C(/N)C(=O)NCC(C)(C)CO. The maximum Gasteiger partial charge on any atom is 0.269 e. The molecule has 1 aromatic carbocycles. The summed E-state index contributed by atoms with van der Waals surface area (Å²) in [6.07, 6.45) is 2.86. The van der Waals surface area contributed by atoms with E-state index in [-0.39, 0.29) is 30.7 Å². The minimum atomic E-state index is -0.474. The number of nitrogens with two attached hydrogens (primary N) is 1. The molecule has 11 heteroatoms. The third-order valence-electron chi connectivity index (χ3n) is 6.48. The van der Waals surface area contributed by atoms with Gasteiger partial charge in [0.25, 0.3) is 5.91 Å². The molecular formula is C26H40N6O4S. The minimum Gasteiger partial charge on any atom is -0.396 e. The van der Waals surface area contributed by atoms with E-state index in [4.69, 9.17) is 5.73 Å². The second kappa shape index (κ2) is 13.2. The van der Waals surface area contributed by atoms with Crippen molar-refractivity contribution in [1.82, 2.24) is 15.1 Å². The standard InChI is InChI=1S/C26H40N6O4S/c1-4-32-24(36)20(37-25(32)22(27)23(35)29-16-26(2,3)17-33)15-28-18-8-7-9-19(14-18)30-21(34)10-13-31-11-5-6-12-31/h7-9,14,20,28,33H,4-6,10-13,15-17,27H2,1-3H3,(H,29,35)(H,30,34)/b25-22+/t20-/m1/s1. The topological polar surface area (TPSA) is 140 Å². The molecule has 0 saturated carbocycles. The van der Waals surface area contributed by atoms with Crippen LogP contribution < -0.4 is 21.7 Å². The first kappa shape index (κ1) is 28.8. The molecule has 0 radical (unpaired) electrons. The van der Waals surface area contributed by atoms with Crippen molar-refractivity contribution >= 4 is 40.9 Å². The summed E-state index contributed by atoms with van der Waals surface area (Å²) in [7, 11) is 0. The van der Waals surface area contributed by atoms with Gasteiger partial charge < -0.3 is 36.6 Å². The van der Waals surface area contributed by atoms with Crippen LogP contribution in [0.2, 0.25) is 0 Å². The number of carbonyl (C=O) groups is 3. The molecule has 37 heavy (non-hydrogen) atoms. The number of nitrogens with one attached hydrogen (secondary N) is 3. The lowest BCUT2D eigenvalue weighted by Gasteiger charge is -2.22. The molecule has 2 heterocycles. The fourth-order valence-corrected chi connectivity index (χ4v) is 5.36. The van der Waals surface area contributed by atoms with Gasteiger partial charge in [-0.3, -0.25) is 14.4 Å². The first-order valence-corrected chi connectivity index (χ1v) is 13.7. The Balaban J connectivity index is 1.56. The van der Waals surface area contributed by atoms with Crippen molar-refractivity contribution in [3.63, 3.8) is 0 Å². The maximum atomic E-state index is 13.0. The molecule has 1 atom stereocenters. The van der Waals surface area contributed by atoms with Crippen LogP contribution in [0.15, 0.2) is 35.0 Å². The molecule has 2 aliphatic rings. The zero-order valence-corrected chi connectivity index (χ0v) is 22.8. The number of thioether (sulfide) groups is 1. The Morgan fingerprint density at radius 3 is 2.59 bits per heavy atom. The van der Waals surface area contributed by atoms with Gasteiger partial charge in [0.15, 0.2) is 0 Å². The molecule has 0 aromatic heterocycles. The first-order chi connectivity index (χ1) is 17.6. The van der Waals surface area contributed by atoms with E-state index in [1.807, 2.05) is 45.0 Å². The van der Waals surface area contributed by atoms with Crippen LogP contribution >= 0.6 is 11.8 Å². The van der Waals surface area contributed by atoms with E-state index in [1.54, 1.807) is 0 Å². The molecule has 204 valence electrons. The molecule has 3 rings (SSSR count). The van der Waals surface area contributed by atoms with Gasteiger partial charge in [-0.1, -0.05) is 31.7 Å². The molecule has 0 unspecified atom stereocenters. The van der Waals surface area contributed by atoms with E-state index in [2.05, 4.69) is 20.9 Å². The van der Waals surface area contributed by atoms with Crippen molar-refractivity contribution in [1.29, 1.82) is 0 Å². The summed E-state index contributed by atoms with van der Waals surface area (Å²) in [6, 6.07) is 7.41. The highest BCUT2D eigenvalue weighted by Gasteiger charge is 2.38. The summed E-state index contributed by atoms with van der Waals surface area (Å²) >= 11 is 1.26. The molecular weight excluding hydrogens is 492 g/mol. The van der Waals surface area contributed by atoms with Gasteiger partial charge in [0.05, 0.1) is 0 Å². The zero-order chi connectivity index (χ0) is 27.0. The number of hydrogen-bond donors (Lipinski definition) is 5. The summed E-state index contributed by atoms with van der Waals surface area (Å²) in [4.78, 5) is 41.8. The van der Waals surface area contributed by atoms with Crippen molar-refractivity contribution in [2.75, 3.05) is 56.5 Å². The number of aliphatic hydroxyl groups is 1. The second-order valence-corrected chi connectivity index (χ2v) is 11.4. The summed E-state index contributed by atoms with van der Waals surface area (Å²) < 4.78 is 0. The van der Waals surface area contributed by atoms with Crippen LogP contribution in [0.4, 0.5) is 11.4 Å². The number of nitrogens with zero attached hydrogens (tertiary/aromatic N) is 2. The molecule has 0 spiro atoms. The monoisotopic (exact) mass is 532 g/mol. The van der Waals surface area contributed by atoms with Gasteiger partial charge in [0, 0.05) is 56.0 Å². The smallest absolute Gasteiger partial charge is 0.269 e. The average molecular weight is 533 g/mol. The summed E-state index contributed by atoms with van der Waals surface area (Å²) in [6.45, 7) is 9.32. The predicted octanol–water partition coefficient (Wildman–Crippen LogP) is 1.75. The lowest BCUT2D eigenvalue weighted by atomic mass is 9.95. The number of aliphatic hydroxyl groups excluding tert-OH is 1. The summed E-state index contributed by atoms with van der Waals surface area (Å²) in [5.74, 6) is -0.597. The molecule has 0 bridgehead atoms. The van der Waals surface area contributed by atoms with Crippen LogP contribution in [0.25, 0.3) is 0 Å². The number of benzene rings is 1. The molecule has 1 aromatic rings. The van der Waals surface area contributed by atoms with Gasteiger partial charge in [0.1, 0.15) is 16.0 Å². The fourth-order valence-electron chi connectivity index (χ4n) is 4.13. The van der Waals surface area contributed by atoms with Crippen molar-refractivity contribution < 1.29 is 19.5 Å². The van der Waals surface area contributed by atoms with Gasteiger partial charge in [-0.05, 0) is 51.1 Å². The molecule has 2 saturated heterocycles. The van der Waals surface area contributed by atoms with Crippen molar-refractivity contribution in [3.8, 4) is 0 Å². The predicted molar refractivity (Wildman–Crippen MR) is 148 cm³/mol. The normalized spacial score (nSPS) is 19.7. The third-order valence-corrected chi connectivity index (χ3v) is 7.80.